The summed E-state index contributed by atoms with van der Waals surface area (Å²) in [4.78, 5) is 0. The molecule has 0 aromatic heterocycles. The van der Waals surface area contributed by atoms with Crippen LogP contribution >= 0.6 is 0 Å². The van der Waals surface area contributed by atoms with Crippen molar-refractivity contribution in [1.82, 2.24) is 0 Å². The van der Waals surface area contributed by atoms with Crippen LogP contribution in [0.2, 0.25) is 0 Å². The number of fused-ring (bicyclic) bond motifs is 1. The first-order valence-corrected chi connectivity index (χ1v) is 3.77. The summed E-state index contributed by atoms with van der Waals surface area (Å²) in [6.45, 7) is 0.901. The van der Waals surface area contributed by atoms with Gasteiger partial charge in [0.15, 0.2) is 0 Å². The van der Waals surface area contributed by atoms with Crippen molar-refractivity contribution >= 4 is 0 Å². The van der Waals surface area contributed by atoms with Crippen molar-refractivity contribution in [3.05, 3.63) is 0 Å². The van der Waals surface area contributed by atoms with Crippen molar-refractivity contribution < 1.29 is 19.3 Å². The minimum atomic E-state index is -0.472. The molecule has 1 N–H and O–H groups in total. The second kappa shape index (κ2) is 2.71. The van der Waals surface area contributed by atoms with Gasteiger partial charge in [-0.05, 0) is 0 Å². The molecule has 0 aromatic carbocycles. The summed E-state index contributed by atoms with van der Waals surface area (Å²) >= 11 is 0. The standard InChI is InChI=1S/C7H12O4/c1-9-5-3-11-6-4(8)2-10-7(5)6/h4-8H,2-3H2,1H3/t4?,5-,6-,7-/m1/s1. The molecule has 0 bridgehead atoms. The van der Waals surface area contributed by atoms with Crippen molar-refractivity contribution in [2.24, 2.45) is 0 Å². The third-order valence-electron chi connectivity index (χ3n) is 2.28. The van der Waals surface area contributed by atoms with Gasteiger partial charge in [0.1, 0.15) is 24.4 Å². The van der Waals surface area contributed by atoms with Crippen molar-refractivity contribution in [2.75, 3.05) is 20.3 Å². The molecule has 2 heterocycles. The van der Waals surface area contributed by atoms with Gasteiger partial charge < -0.3 is 19.3 Å². The quantitative estimate of drug-likeness (QED) is 0.543. The molecule has 64 valence electrons. The van der Waals surface area contributed by atoms with Gasteiger partial charge in [0.25, 0.3) is 0 Å². The van der Waals surface area contributed by atoms with E-state index in [4.69, 9.17) is 14.2 Å². The lowest BCUT2D eigenvalue weighted by Crippen LogP contribution is -2.32. The normalized spacial score (nSPS) is 49.6. The lowest BCUT2D eigenvalue weighted by atomic mass is 10.1. The van der Waals surface area contributed by atoms with Gasteiger partial charge in [0.2, 0.25) is 0 Å². The van der Waals surface area contributed by atoms with Gasteiger partial charge in [-0.2, -0.15) is 0 Å². The Morgan fingerprint density at radius 2 is 2.00 bits per heavy atom. The fourth-order valence-corrected chi connectivity index (χ4v) is 1.65. The van der Waals surface area contributed by atoms with Crippen LogP contribution in [0.15, 0.2) is 0 Å². The first-order chi connectivity index (χ1) is 5.33. The van der Waals surface area contributed by atoms with Gasteiger partial charge in [0, 0.05) is 7.11 Å². The van der Waals surface area contributed by atoms with Crippen molar-refractivity contribution in [1.29, 1.82) is 0 Å². The van der Waals surface area contributed by atoms with Crippen LogP contribution in [0.25, 0.3) is 0 Å². The number of aliphatic hydroxyl groups excluding tert-OH is 1. The number of methoxy groups -OCH3 is 1. The molecule has 4 atom stereocenters. The molecule has 1 unspecified atom stereocenters. The number of hydrogen-bond donors (Lipinski definition) is 1. The summed E-state index contributed by atoms with van der Waals surface area (Å²) in [6, 6.07) is 0. The summed E-state index contributed by atoms with van der Waals surface area (Å²) in [5.41, 5.74) is 0. The van der Waals surface area contributed by atoms with Gasteiger partial charge in [-0.15, -0.1) is 0 Å². The molecular weight excluding hydrogens is 148 g/mol. The molecule has 4 nitrogen and oxygen atoms in total. The molecule has 0 amide bonds. The van der Waals surface area contributed by atoms with E-state index in [1.165, 1.54) is 0 Å². The fourth-order valence-electron chi connectivity index (χ4n) is 1.65. The number of aliphatic hydroxyl groups is 1. The zero-order valence-electron chi connectivity index (χ0n) is 6.40. The van der Waals surface area contributed by atoms with Crippen molar-refractivity contribution in [3.8, 4) is 0 Å². The predicted molar refractivity (Wildman–Crippen MR) is 36.3 cm³/mol. The highest BCUT2D eigenvalue weighted by Gasteiger charge is 2.47. The average Bonchev–Trinajstić information content (AvgIpc) is 2.53. The van der Waals surface area contributed by atoms with E-state index in [0.717, 1.165) is 0 Å². The summed E-state index contributed by atoms with van der Waals surface area (Å²) in [5, 5.41) is 9.31. The average molecular weight is 160 g/mol. The van der Waals surface area contributed by atoms with Crippen LogP contribution in [0.1, 0.15) is 0 Å². The van der Waals surface area contributed by atoms with Crippen LogP contribution in [0, 0.1) is 0 Å². The Kier molecular flexibility index (Phi) is 1.85. The molecule has 2 aliphatic rings. The summed E-state index contributed by atoms with van der Waals surface area (Å²) in [6.07, 6.45) is -0.702. The Bertz CT molecular complexity index is 149. The zero-order chi connectivity index (χ0) is 7.84. The van der Waals surface area contributed by atoms with Gasteiger partial charge in [-0.1, -0.05) is 0 Å². The van der Waals surface area contributed by atoms with E-state index >= 15 is 0 Å². The Morgan fingerprint density at radius 3 is 2.73 bits per heavy atom. The van der Waals surface area contributed by atoms with Gasteiger partial charge in [0.05, 0.1) is 13.2 Å². The van der Waals surface area contributed by atoms with Crippen LogP contribution in [0.4, 0.5) is 0 Å². The largest absolute Gasteiger partial charge is 0.388 e. The smallest absolute Gasteiger partial charge is 0.115 e. The number of ether oxygens (including phenoxy) is 3. The molecule has 0 saturated carbocycles. The van der Waals surface area contributed by atoms with E-state index in [0.29, 0.717) is 13.2 Å². The van der Waals surface area contributed by atoms with Crippen LogP contribution in [-0.4, -0.2) is 49.8 Å². The third kappa shape index (κ3) is 1.06. The summed E-state index contributed by atoms with van der Waals surface area (Å²) in [5.74, 6) is 0. The van der Waals surface area contributed by atoms with Crippen LogP contribution in [0.3, 0.4) is 0 Å². The lowest BCUT2D eigenvalue weighted by molar-refractivity contribution is -0.0168. The third-order valence-corrected chi connectivity index (χ3v) is 2.28. The predicted octanol–water partition coefficient (Wildman–Crippen LogP) is -0.840. The topological polar surface area (TPSA) is 47.9 Å². The first-order valence-electron chi connectivity index (χ1n) is 3.77. The first kappa shape index (κ1) is 7.49. The summed E-state index contributed by atoms with van der Waals surface area (Å²) in [7, 11) is 1.63. The minimum Gasteiger partial charge on any atom is -0.388 e. The highest BCUT2D eigenvalue weighted by molar-refractivity contribution is 4.94. The number of rotatable bonds is 1. The van der Waals surface area contributed by atoms with E-state index < -0.39 is 6.10 Å². The molecular formula is C7H12O4. The van der Waals surface area contributed by atoms with Crippen molar-refractivity contribution in [3.63, 3.8) is 0 Å². The minimum absolute atomic E-state index is 0.00264. The molecule has 0 radical (unpaired) electrons. The van der Waals surface area contributed by atoms with Crippen LogP contribution in [0.5, 0.6) is 0 Å². The fraction of sp³-hybridized carbons (Fsp3) is 1.00. The van der Waals surface area contributed by atoms with Crippen LogP contribution < -0.4 is 0 Å². The van der Waals surface area contributed by atoms with Crippen molar-refractivity contribution in [2.45, 2.75) is 24.4 Å². The molecule has 2 aliphatic heterocycles. The van der Waals surface area contributed by atoms with Crippen LogP contribution in [-0.2, 0) is 14.2 Å². The molecule has 2 fully saturated rings. The van der Waals surface area contributed by atoms with Gasteiger partial charge in [-0.25, -0.2) is 0 Å². The SMILES string of the molecule is CO[C@@H]1CO[C@@H]2C(O)CO[C@@H]21. The Morgan fingerprint density at radius 1 is 1.27 bits per heavy atom. The number of hydrogen-bond acceptors (Lipinski definition) is 4. The molecule has 0 aliphatic carbocycles. The molecule has 2 saturated heterocycles. The Hall–Kier alpha value is -0.160. The monoisotopic (exact) mass is 160 g/mol. The Balaban J connectivity index is 2.04. The Labute approximate surface area is 65.1 Å². The maximum Gasteiger partial charge on any atom is 0.115 e. The maximum absolute atomic E-state index is 9.31. The van der Waals surface area contributed by atoms with E-state index in [2.05, 4.69) is 0 Å². The second-order valence-corrected chi connectivity index (χ2v) is 2.94. The molecule has 2 rings (SSSR count). The lowest BCUT2D eigenvalue weighted by Gasteiger charge is -2.12. The highest BCUT2D eigenvalue weighted by atomic mass is 16.6. The molecule has 11 heavy (non-hydrogen) atoms. The van der Waals surface area contributed by atoms with E-state index in [-0.39, 0.29) is 18.3 Å². The highest BCUT2D eigenvalue weighted by Crippen LogP contribution is 2.28. The zero-order valence-corrected chi connectivity index (χ0v) is 6.40. The molecule has 0 aromatic rings. The molecule has 4 heteroatoms. The van der Waals surface area contributed by atoms with Gasteiger partial charge in [-0.3, -0.25) is 0 Å². The molecule has 0 spiro atoms. The summed E-state index contributed by atoms with van der Waals surface area (Å²) < 4.78 is 15.7. The van der Waals surface area contributed by atoms with E-state index in [9.17, 15) is 5.11 Å². The van der Waals surface area contributed by atoms with Gasteiger partial charge >= 0.3 is 0 Å². The second-order valence-electron chi connectivity index (χ2n) is 2.94. The van der Waals surface area contributed by atoms with E-state index in [1.54, 1.807) is 7.11 Å². The van der Waals surface area contributed by atoms with E-state index in [1.807, 2.05) is 0 Å². The maximum atomic E-state index is 9.31.